The van der Waals surface area contributed by atoms with Gasteiger partial charge in [-0.1, -0.05) is 91.8 Å². The summed E-state index contributed by atoms with van der Waals surface area (Å²) in [6.45, 7) is 22.1. The molecular formula is C30H44Cl2N2Ni. The van der Waals surface area contributed by atoms with Crippen LogP contribution >= 0.6 is 0 Å². The Morgan fingerprint density at radius 3 is 0.886 bits per heavy atom. The predicted molar refractivity (Wildman–Crippen MR) is 143 cm³/mol. The summed E-state index contributed by atoms with van der Waals surface area (Å²) >= 11 is 0. The van der Waals surface area contributed by atoms with Gasteiger partial charge >= 0.3 is 16.5 Å². The van der Waals surface area contributed by atoms with Gasteiger partial charge in [-0.25, -0.2) is 0 Å². The Hall–Kier alpha value is -1.41. The molecule has 0 aliphatic rings. The van der Waals surface area contributed by atoms with Crippen molar-refractivity contribution in [3.05, 3.63) is 80.9 Å². The van der Waals surface area contributed by atoms with Gasteiger partial charge in [0.25, 0.3) is 0 Å². The van der Waals surface area contributed by atoms with Crippen LogP contribution in [-0.4, -0.2) is 0 Å². The van der Waals surface area contributed by atoms with Gasteiger partial charge in [-0.05, 0) is 70.9 Å². The fourth-order valence-electron chi connectivity index (χ4n) is 4.50. The van der Waals surface area contributed by atoms with Gasteiger partial charge in [0.15, 0.2) is 0 Å². The molecule has 35 heavy (non-hydrogen) atoms. The Morgan fingerprint density at radius 2 is 0.714 bits per heavy atom. The van der Waals surface area contributed by atoms with Crippen LogP contribution in [0, 0.1) is 0 Å². The minimum absolute atomic E-state index is 0. The number of allylic oxidation sites excluding steroid dienone is 2. The van der Waals surface area contributed by atoms with Crippen LogP contribution < -0.4 is 36.3 Å². The van der Waals surface area contributed by atoms with Crippen molar-refractivity contribution in [3.63, 3.8) is 0 Å². The van der Waals surface area contributed by atoms with E-state index in [1.54, 1.807) is 0 Å². The zero-order valence-electron chi connectivity index (χ0n) is 23.0. The molecule has 4 N–H and O–H groups in total. The van der Waals surface area contributed by atoms with Crippen molar-refractivity contribution in [3.8, 4) is 0 Å². The number of halogens is 2. The maximum absolute atomic E-state index is 6.92. The summed E-state index contributed by atoms with van der Waals surface area (Å²) in [7, 11) is 0. The minimum Gasteiger partial charge on any atom is -1.00 e. The van der Waals surface area contributed by atoms with Crippen molar-refractivity contribution < 1.29 is 41.3 Å². The van der Waals surface area contributed by atoms with Crippen molar-refractivity contribution in [2.75, 3.05) is 0 Å². The monoisotopic (exact) mass is 560 g/mol. The van der Waals surface area contributed by atoms with Crippen molar-refractivity contribution >= 4 is 11.4 Å². The molecule has 0 atom stereocenters. The number of hydrogen-bond acceptors (Lipinski definition) is 2. The van der Waals surface area contributed by atoms with Gasteiger partial charge in [0.05, 0.1) is 0 Å². The van der Waals surface area contributed by atoms with Gasteiger partial charge in [0.2, 0.25) is 0 Å². The topological polar surface area (TPSA) is 52.0 Å². The van der Waals surface area contributed by atoms with Gasteiger partial charge in [-0.2, -0.15) is 0 Å². The first kappa shape index (κ1) is 35.8. The van der Waals surface area contributed by atoms with Gasteiger partial charge in [-0.3, -0.25) is 0 Å². The van der Waals surface area contributed by atoms with Crippen LogP contribution in [0.25, 0.3) is 11.4 Å². The molecule has 2 nitrogen and oxygen atoms in total. The normalized spacial score (nSPS) is 12.6. The average molecular weight is 562 g/mol. The SMILES string of the molecule is CC(C(C)=C(N)c1c(C(C)C)cccc1C(C)C)=C(N)c1c(C(C)C)cccc1C(C)C.[Cl-].[Cl-].[Ni+2]. The Kier molecular flexibility index (Phi) is 15.3. The summed E-state index contributed by atoms with van der Waals surface area (Å²) in [6, 6.07) is 13.1. The van der Waals surface area contributed by atoms with Gasteiger partial charge in [0.1, 0.15) is 0 Å². The number of nitrogens with two attached hydrogens (primary N) is 2. The van der Waals surface area contributed by atoms with E-state index in [2.05, 4.69) is 106 Å². The molecule has 0 radical (unpaired) electrons. The summed E-state index contributed by atoms with van der Waals surface area (Å²) in [5, 5.41) is 0. The van der Waals surface area contributed by atoms with Crippen LogP contribution in [0.5, 0.6) is 0 Å². The van der Waals surface area contributed by atoms with Crippen LogP contribution in [0.2, 0.25) is 0 Å². The van der Waals surface area contributed by atoms with E-state index in [0.29, 0.717) is 23.7 Å². The maximum atomic E-state index is 6.92. The first-order chi connectivity index (χ1) is 14.9. The standard InChI is InChI=1S/C30H44N2.2ClH.Ni/c1-17(2)23-13-11-14-24(18(3)4)27(23)29(31)21(9)22(10)30(32)28-25(19(5)6)15-12-16-26(28)20(7)8;;;/h11-20H,31-32H2,1-10H3;2*1H;/q;;;+2/p-2. The summed E-state index contributed by atoms with van der Waals surface area (Å²) in [5.74, 6) is 1.58. The molecule has 5 heteroatoms. The fraction of sp³-hybridized carbons (Fsp3) is 0.467. The Bertz CT molecular complexity index is 899. The summed E-state index contributed by atoms with van der Waals surface area (Å²) in [5.41, 5.74) is 25.2. The average Bonchev–Trinajstić information content (AvgIpc) is 2.75. The van der Waals surface area contributed by atoms with E-state index in [1.165, 1.54) is 33.4 Å². The van der Waals surface area contributed by atoms with E-state index in [-0.39, 0.29) is 41.3 Å². The molecule has 0 saturated carbocycles. The largest absolute Gasteiger partial charge is 2.00 e. The van der Waals surface area contributed by atoms with Crippen molar-refractivity contribution in [2.24, 2.45) is 11.5 Å². The Labute approximate surface area is 237 Å². The maximum Gasteiger partial charge on any atom is 2.00 e. The molecule has 0 aliphatic heterocycles. The third kappa shape index (κ3) is 7.79. The molecular weight excluding hydrogens is 518 g/mol. The van der Waals surface area contributed by atoms with Gasteiger partial charge in [-0.15, -0.1) is 0 Å². The smallest absolute Gasteiger partial charge is 1.00 e. The molecule has 198 valence electrons. The molecule has 0 fully saturated rings. The van der Waals surface area contributed by atoms with Crippen LogP contribution in [0.15, 0.2) is 47.5 Å². The van der Waals surface area contributed by atoms with Crippen LogP contribution in [0.4, 0.5) is 0 Å². The molecule has 0 unspecified atom stereocenters. The fourth-order valence-corrected chi connectivity index (χ4v) is 4.50. The van der Waals surface area contributed by atoms with E-state index in [0.717, 1.165) is 22.5 Å². The van der Waals surface area contributed by atoms with Crippen LogP contribution in [0.1, 0.15) is 126 Å². The second kappa shape index (κ2) is 15.0. The van der Waals surface area contributed by atoms with Crippen molar-refractivity contribution in [1.29, 1.82) is 0 Å². The molecule has 2 aromatic carbocycles. The van der Waals surface area contributed by atoms with E-state index in [9.17, 15) is 0 Å². The molecule has 0 aliphatic carbocycles. The van der Waals surface area contributed by atoms with Gasteiger partial charge in [0, 0.05) is 22.5 Å². The van der Waals surface area contributed by atoms with Crippen LogP contribution in [0.3, 0.4) is 0 Å². The summed E-state index contributed by atoms with van der Waals surface area (Å²) in [4.78, 5) is 0. The van der Waals surface area contributed by atoms with E-state index < -0.39 is 0 Å². The Morgan fingerprint density at radius 1 is 0.514 bits per heavy atom. The molecule has 0 saturated heterocycles. The van der Waals surface area contributed by atoms with Crippen LogP contribution in [-0.2, 0) is 16.5 Å². The number of rotatable bonds is 7. The van der Waals surface area contributed by atoms with E-state index >= 15 is 0 Å². The van der Waals surface area contributed by atoms with Gasteiger partial charge < -0.3 is 36.3 Å². The Balaban J connectivity index is 0. The molecule has 0 heterocycles. The van der Waals surface area contributed by atoms with E-state index in [4.69, 9.17) is 11.5 Å². The second-order valence-electron chi connectivity index (χ2n) is 10.3. The van der Waals surface area contributed by atoms with Crippen molar-refractivity contribution in [1.82, 2.24) is 0 Å². The molecule has 0 aromatic heterocycles. The predicted octanol–water partition coefficient (Wildman–Crippen LogP) is 2.27. The number of benzene rings is 2. The molecule has 0 amide bonds. The van der Waals surface area contributed by atoms with Crippen molar-refractivity contribution in [2.45, 2.75) is 92.9 Å². The number of hydrogen-bond donors (Lipinski definition) is 2. The summed E-state index contributed by atoms with van der Waals surface area (Å²) in [6.07, 6.45) is 0. The molecule has 2 rings (SSSR count). The molecule has 0 spiro atoms. The minimum atomic E-state index is 0. The third-order valence-electron chi connectivity index (χ3n) is 6.66. The second-order valence-corrected chi connectivity index (χ2v) is 10.3. The zero-order valence-corrected chi connectivity index (χ0v) is 25.5. The third-order valence-corrected chi connectivity index (χ3v) is 6.66. The quantitative estimate of drug-likeness (QED) is 0.402. The first-order valence-electron chi connectivity index (χ1n) is 12.1. The zero-order chi connectivity index (χ0) is 24.3. The molecule has 2 aromatic rings. The van der Waals surface area contributed by atoms with E-state index in [1.807, 2.05) is 0 Å². The first-order valence-corrected chi connectivity index (χ1v) is 12.1. The summed E-state index contributed by atoms with van der Waals surface area (Å²) < 4.78 is 0. The molecule has 0 bridgehead atoms.